The molecule has 0 heterocycles. The number of anilines is 1. The molecule has 1 N–H and O–H groups in total. The van der Waals surface area contributed by atoms with Gasteiger partial charge in [0, 0.05) is 12.8 Å². The summed E-state index contributed by atoms with van der Waals surface area (Å²) in [4.78, 5) is 11.7. The molecule has 1 aliphatic carbocycles. The number of sulfonamides is 1. The second kappa shape index (κ2) is 6.04. The van der Waals surface area contributed by atoms with Gasteiger partial charge in [0.2, 0.25) is 0 Å². The SMILES string of the molecule is COc1ccccc1NS(=O)(=O)c1ccc2c(c1)CCC(=O)C2. The lowest BCUT2D eigenvalue weighted by Gasteiger charge is -2.17. The maximum absolute atomic E-state index is 12.6. The minimum Gasteiger partial charge on any atom is -0.495 e. The van der Waals surface area contributed by atoms with Crippen molar-refractivity contribution in [3.63, 3.8) is 0 Å². The maximum atomic E-state index is 12.6. The number of ketones is 1. The molecule has 2 aromatic rings. The van der Waals surface area contributed by atoms with Crippen LogP contribution in [0.4, 0.5) is 5.69 Å². The van der Waals surface area contributed by atoms with E-state index < -0.39 is 10.0 Å². The molecule has 0 amide bonds. The van der Waals surface area contributed by atoms with Crippen LogP contribution in [-0.2, 0) is 27.7 Å². The largest absolute Gasteiger partial charge is 0.495 e. The van der Waals surface area contributed by atoms with Crippen LogP contribution < -0.4 is 9.46 Å². The molecule has 120 valence electrons. The minimum atomic E-state index is -3.71. The number of benzene rings is 2. The molecule has 0 unspecified atom stereocenters. The molecule has 0 spiro atoms. The van der Waals surface area contributed by atoms with Crippen molar-refractivity contribution in [2.24, 2.45) is 0 Å². The van der Waals surface area contributed by atoms with Crippen molar-refractivity contribution >= 4 is 21.5 Å². The molecule has 0 bridgehead atoms. The van der Waals surface area contributed by atoms with Crippen LogP contribution in [-0.4, -0.2) is 21.3 Å². The van der Waals surface area contributed by atoms with Crippen molar-refractivity contribution < 1.29 is 17.9 Å². The quantitative estimate of drug-likeness (QED) is 0.934. The fourth-order valence-corrected chi connectivity index (χ4v) is 3.80. The van der Waals surface area contributed by atoms with E-state index in [9.17, 15) is 13.2 Å². The van der Waals surface area contributed by atoms with Crippen LogP contribution in [0.15, 0.2) is 47.4 Å². The highest BCUT2D eigenvalue weighted by atomic mass is 32.2. The Balaban J connectivity index is 1.92. The number of hydrogen-bond donors (Lipinski definition) is 1. The number of fused-ring (bicyclic) bond motifs is 1. The predicted octanol–water partition coefficient (Wildman–Crippen LogP) is 2.55. The first-order valence-corrected chi connectivity index (χ1v) is 8.77. The maximum Gasteiger partial charge on any atom is 0.262 e. The van der Waals surface area contributed by atoms with Gasteiger partial charge in [0.05, 0.1) is 17.7 Å². The second-order valence-corrected chi connectivity index (χ2v) is 7.13. The lowest BCUT2D eigenvalue weighted by Crippen LogP contribution is -2.17. The Bertz CT molecular complexity index is 859. The number of nitrogens with one attached hydrogen (secondary N) is 1. The van der Waals surface area contributed by atoms with Crippen LogP contribution in [0.1, 0.15) is 17.5 Å². The molecule has 0 aliphatic heterocycles. The highest BCUT2D eigenvalue weighted by Gasteiger charge is 2.21. The van der Waals surface area contributed by atoms with Gasteiger partial charge in [-0.05, 0) is 41.8 Å². The lowest BCUT2D eigenvalue weighted by atomic mass is 9.91. The van der Waals surface area contributed by atoms with E-state index in [1.165, 1.54) is 13.2 Å². The third kappa shape index (κ3) is 3.22. The summed E-state index contributed by atoms with van der Waals surface area (Å²) in [6, 6.07) is 11.8. The molecule has 2 aromatic carbocycles. The van der Waals surface area contributed by atoms with Crippen LogP contribution in [0, 0.1) is 0 Å². The van der Waals surface area contributed by atoms with E-state index in [0.29, 0.717) is 30.7 Å². The molecular weight excluding hydrogens is 314 g/mol. The average molecular weight is 331 g/mol. The van der Waals surface area contributed by atoms with Gasteiger partial charge < -0.3 is 4.74 Å². The molecule has 1 aliphatic rings. The number of methoxy groups -OCH3 is 1. The van der Waals surface area contributed by atoms with E-state index in [-0.39, 0.29) is 10.7 Å². The standard InChI is InChI=1S/C17H17NO4S/c1-22-17-5-3-2-4-16(17)18-23(20,21)15-9-7-12-10-14(19)8-6-13(12)11-15/h2-5,7,9,11,18H,6,8,10H2,1H3. The highest BCUT2D eigenvalue weighted by molar-refractivity contribution is 7.92. The summed E-state index contributed by atoms with van der Waals surface area (Å²) in [5.74, 6) is 0.653. The monoisotopic (exact) mass is 331 g/mol. The van der Waals surface area contributed by atoms with Gasteiger partial charge in [-0.15, -0.1) is 0 Å². The van der Waals surface area contributed by atoms with E-state index in [4.69, 9.17) is 4.74 Å². The van der Waals surface area contributed by atoms with E-state index in [1.54, 1.807) is 36.4 Å². The van der Waals surface area contributed by atoms with Gasteiger partial charge in [-0.3, -0.25) is 9.52 Å². The lowest BCUT2D eigenvalue weighted by molar-refractivity contribution is -0.118. The van der Waals surface area contributed by atoms with Crippen LogP contribution in [0.5, 0.6) is 5.75 Å². The molecular formula is C17H17NO4S. The van der Waals surface area contributed by atoms with Crippen molar-refractivity contribution in [2.75, 3.05) is 11.8 Å². The fourth-order valence-electron chi connectivity index (χ4n) is 2.68. The summed E-state index contributed by atoms with van der Waals surface area (Å²) < 4.78 is 32.9. The van der Waals surface area contributed by atoms with Crippen molar-refractivity contribution in [1.82, 2.24) is 0 Å². The topological polar surface area (TPSA) is 72.5 Å². The molecule has 0 fully saturated rings. The molecule has 0 saturated carbocycles. The Labute approximate surface area is 135 Å². The number of ether oxygens (including phenoxy) is 1. The number of Topliss-reactive ketones (excluding diaryl/α,β-unsaturated/α-hetero) is 1. The van der Waals surface area contributed by atoms with Gasteiger partial charge in [0.1, 0.15) is 11.5 Å². The third-order valence-corrected chi connectivity index (χ3v) is 5.26. The average Bonchev–Trinajstić information content (AvgIpc) is 2.54. The van der Waals surface area contributed by atoms with Gasteiger partial charge in [-0.2, -0.15) is 0 Å². The van der Waals surface area contributed by atoms with Crippen LogP contribution in [0.25, 0.3) is 0 Å². The summed E-state index contributed by atoms with van der Waals surface area (Å²) in [5.41, 5.74) is 2.23. The summed E-state index contributed by atoms with van der Waals surface area (Å²) in [5, 5.41) is 0. The summed E-state index contributed by atoms with van der Waals surface area (Å²) in [6.45, 7) is 0. The predicted molar refractivity (Wildman–Crippen MR) is 87.3 cm³/mol. The second-order valence-electron chi connectivity index (χ2n) is 5.45. The number of carbonyl (C=O) groups excluding carboxylic acids is 1. The Hall–Kier alpha value is -2.34. The first-order chi connectivity index (χ1) is 11.0. The molecule has 23 heavy (non-hydrogen) atoms. The first kappa shape index (κ1) is 15.6. The van der Waals surface area contributed by atoms with Crippen molar-refractivity contribution in [2.45, 2.75) is 24.2 Å². The molecule has 0 aromatic heterocycles. The third-order valence-electron chi connectivity index (χ3n) is 3.90. The highest BCUT2D eigenvalue weighted by Crippen LogP contribution is 2.28. The van der Waals surface area contributed by atoms with Gasteiger partial charge in [-0.1, -0.05) is 18.2 Å². The summed E-state index contributed by atoms with van der Waals surface area (Å²) >= 11 is 0. The van der Waals surface area contributed by atoms with E-state index >= 15 is 0 Å². The van der Waals surface area contributed by atoms with E-state index in [1.807, 2.05) is 0 Å². The number of carbonyl (C=O) groups is 1. The Kier molecular flexibility index (Phi) is 4.09. The zero-order chi connectivity index (χ0) is 16.4. The smallest absolute Gasteiger partial charge is 0.262 e. The van der Waals surface area contributed by atoms with Gasteiger partial charge in [0.15, 0.2) is 0 Å². The van der Waals surface area contributed by atoms with Gasteiger partial charge in [0.25, 0.3) is 10.0 Å². The number of aryl methyl sites for hydroxylation is 1. The van der Waals surface area contributed by atoms with Crippen LogP contribution in [0.3, 0.4) is 0 Å². The molecule has 0 saturated heterocycles. The number of para-hydroxylation sites is 2. The fraction of sp³-hybridized carbons (Fsp3) is 0.235. The number of hydrogen-bond acceptors (Lipinski definition) is 4. The zero-order valence-corrected chi connectivity index (χ0v) is 13.5. The molecule has 0 radical (unpaired) electrons. The van der Waals surface area contributed by atoms with Crippen molar-refractivity contribution in [1.29, 1.82) is 0 Å². The molecule has 5 nitrogen and oxygen atoms in total. The molecule has 0 atom stereocenters. The van der Waals surface area contributed by atoms with Gasteiger partial charge >= 0.3 is 0 Å². The zero-order valence-electron chi connectivity index (χ0n) is 12.7. The Morgan fingerprint density at radius 1 is 1.04 bits per heavy atom. The normalized spacial score (nSPS) is 14.2. The van der Waals surface area contributed by atoms with E-state index in [0.717, 1.165) is 11.1 Å². The van der Waals surface area contributed by atoms with Crippen molar-refractivity contribution in [3.8, 4) is 5.75 Å². The van der Waals surface area contributed by atoms with Crippen molar-refractivity contribution in [3.05, 3.63) is 53.6 Å². The first-order valence-electron chi connectivity index (χ1n) is 7.29. The number of rotatable bonds is 4. The summed E-state index contributed by atoms with van der Waals surface area (Å²) in [6.07, 6.45) is 1.44. The van der Waals surface area contributed by atoms with E-state index in [2.05, 4.69) is 4.72 Å². The van der Waals surface area contributed by atoms with Crippen LogP contribution in [0.2, 0.25) is 0 Å². The van der Waals surface area contributed by atoms with Crippen LogP contribution >= 0.6 is 0 Å². The molecule has 6 heteroatoms. The summed E-state index contributed by atoms with van der Waals surface area (Å²) in [7, 11) is -2.22. The van der Waals surface area contributed by atoms with Gasteiger partial charge in [-0.25, -0.2) is 8.42 Å². The molecule has 3 rings (SSSR count). The minimum absolute atomic E-state index is 0.191. The Morgan fingerprint density at radius 2 is 1.83 bits per heavy atom. The Morgan fingerprint density at radius 3 is 2.61 bits per heavy atom.